The first-order chi connectivity index (χ1) is 13.6. The average molecular weight is 436 g/mol. The van der Waals surface area contributed by atoms with Crippen molar-refractivity contribution in [2.45, 2.75) is 18.4 Å². The molecule has 0 radical (unpaired) electrons. The van der Waals surface area contributed by atoms with Gasteiger partial charge in [0.2, 0.25) is 10.0 Å². The van der Waals surface area contributed by atoms with Gasteiger partial charge in [-0.2, -0.15) is 0 Å². The molecular formula is C18H21N5O4S2. The zero-order valence-corrected chi connectivity index (χ0v) is 17.8. The Kier molecular flexibility index (Phi) is 5.85. The van der Waals surface area contributed by atoms with Crippen LogP contribution >= 0.6 is 11.3 Å². The number of thiophene rings is 1. The molecule has 0 fully saturated rings. The number of hydrogen-bond donors (Lipinski definition) is 2. The van der Waals surface area contributed by atoms with E-state index in [2.05, 4.69) is 10.3 Å². The zero-order chi connectivity index (χ0) is 21.3. The van der Waals surface area contributed by atoms with Gasteiger partial charge in [0.05, 0.1) is 22.2 Å². The van der Waals surface area contributed by atoms with Crippen molar-refractivity contribution in [1.29, 1.82) is 0 Å². The van der Waals surface area contributed by atoms with Crippen LogP contribution in [-0.4, -0.2) is 49.4 Å². The molecule has 1 amide bonds. The smallest absolute Gasteiger partial charge is 0.262 e. The molecule has 0 atom stereocenters. The molecule has 9 nitrogen and oxygen atoms in total. The fourth-order valence-electron chi connectivity index (χ4n) is 2.80. The minimum Gasteiger partial charge on any atom is -0.322 e. The lowest BCUT2D eigenvalue weighted by atomic mass is 10.1. The third-order valence-corrected chi connectivity index (χ3v) is 6.25. The third kappa shape index (κ3) is 4.53. The monoisotopic (exact) mass is 435 g/mol. The SMILES string of the molecule is Cc1sc2ncn(CCN(C)C)c(=O)c2c1C(=O)Nc1ccc(S(N)(=O)=O)cc1. The lowest BCUT2D eigenvalue weighted by Crippen LogP contribution is -2.27. The quantitative estimate of drug-likeness (QED) is 0.599. The highest BCUT2D eigenvalue weighted by atomic mass is 32.2. The van der Waals surface area contributed by atoms with E-state index in [-0.39, 0.29) is 21.4 Å². The second kappa shape index (κ2) is 8.03. The van der Waals surface area contributed by atoms with Crippen molar-refractivity contribution in [1.82, 2.24) is 14.5 Å². The van der Waals surface area contributed by atoms with Crippen LogP contribution in [0.2, 0.25) is 0 Å². The topological polar surface area (TPSA) is 127 Å². The van der Waals surface area contributed by atoms with E-state index >= 15 is 0 Å². The largest absolute Gasteiger partial charge is 0.322 e. The molecule has 0 saturated carbocycles. The molecule has 11 heteroatoms. The van der Waals surface area contributed by atoms with E-state index < -0.39 is 15.9 Å². The number of rotatable bonds is 6. The Bertz CT molecular complexity index is 1230. The molecule has 3 aromatic rings. The van der Waals surface area contributed by atoms with Crippen molar-refractivity contribution in [2.24, 2.45) is 5.14 Å². The highest BCUT2D eigenvalue weighted by molar-refractivity contribution is 7.89. The number of nitrogens with one attached hydrogen (secondary N) is 1. The Hall–Kier alpha value is -2.60. The van der Waals surface area contributed by atoms with Crippen LogP contribution in [0.4, 0.5) is 5.69 Å². The molecule has 2 aromatic heterocycles. The Morgan fingerprint density at radius 3 is 2.52 bits per heavy atom. The van der Waals surface area contributed by atoms with Crippen LogP contribution in [0.1, 0.15) is 15.2 Å². The van der Waals surface area contributed by atoms with Gasteiger partial charge in [0.1, 0.15) is 4.83 Å². The third-order valence-electron chi connectivity index (χ3n) is 4.31. The number of carbonyl (C=O) groups excluding carboxylic acids is 1. The van der Waals surface area contributed by atoms with Gasteiger partial charge < -0.3 is 10.2 Å². The molecule has 154 valence electrons. The highest BCUT2D eigenvalue weighted by Gasteiger charge is 2.21. The number of aryl methyl sites for hydroxylation is 1. The van der Waals surface area contributed by atoms with Crippen molar-refractivity contribution in [3.05, 3.63) is 51.4 Å². The first-order valence-electron chi connectivity index (χ1n) is 8.65. The number of aromatic nitrogens is 2. The predicted octanol–water partition coefficient (Wildman–Crippen LogP) is 1.23. The number of primary sulfonamides is 1. The van der Waals surface area contributed by atoms with E-state index in [4.69, 9.17) is 5.14 Å². The van der Waals surface area contributed by atoms with Gasteiger partial charge in [-0.15, -0.1) is 11.3 Å². The Balaban J connectivity index is 1.96. The maximum atomic E-state index is 12.9. The predicted molar refractivity (Wildman–Crippen MR) is 113 cm³/mol. The fourth-order valence-corrected chi connectivity index (χ4v) is 4.29. The summed E-state index contributed by atoms with van der Waals surface area (Å²) in [6.45, 7) is 2.88. The molecule has 0 bridgehead atoms. The minimum atomic E-state index is -3.82. The van der Waals surface area contributed by atoms with Crippen LogP contribution in [0.25, 0.3) is 10.2 Å². The van der Waals surface area contributed by atoms with Crippen molar-refractivity contribution in [3.63, 3.8) is 0 Å². The van der Waals surface area contributed by atoms with Crippen LogP contribution in [0.15, 0.2) is 40.3 Å². The lowest BCUT2D eigenvalue weighted by Gasteiger charge is -2.11. The molecule has 0 aliphatic carbocycles. The normalized spacial score (nSPS) is 11.9. The number of carbonyl (C=O) groups is 1. The summed E-state index contributed by atoms with van der Waals surface area (Å²) in [5.41, 5.74) is 0.395. The van der Waals surface area contributed by atoms with Crippen LogP contribution in [0, 0.1) is 6.92 Å². The molecule has 0 aliphatic heterocycles. The van der Waals surface area contributed by atoms with E-state index in [9.17, 15) is 18.0 Å². The second-order valence-electron chi connectivity index (χ2n) is 6.78. The molecule has 29 heavy (non-hydrogen) atoms. The first kappa shape index (κ1) is 21.1. The number of nitrogens with zero attached hydrogens (tertiary/aromatic N) is 3. The maximum absolute atomic E-state index is 12.9. The number of nitrogens with two attached hydrogens (primary N) is 1. The Morgan fingerprint density at radius 1 is 1.28 bits per heavy atom. The molecule has 3 rings (SSSR count). The van der Waals surface area contributed by atoms with Gasteiger partial charge in [-0.05, 0) is 45.3 Å². The van der Waals surface area contributed by atoms with Gasteiger partial charge in [-0.25, -0.2) is 18.5 Å². The molecule has 0 spiro atoms. The van der Waals surface area contributed by atoms with Crippen molar-refractivity contribution in [2.75, 3.05) is 26.0 Å². The summed E-state index contributed by atoms with van der Waals surface area (Å²) < 4.78 is 24.2. The highest BCUT2D eigenvalue weighted by Crippen LogP contribution is 2.27. The molecule has 2 heterocycles. The summed E-state index contributed by atoms with van der Waals surface area (Å²) in [6, 6.07) is 5.49. The number of benzene rings is 1. The molecular weight excluding hydrogens is 414 g/mol. The number of fused-ring (bicyclic) bond motifs is 1. The standard InChI is InChI=1S/C18H21N5O4S2/c1-11-14(16(24)21-12-4-6-13(7-5-12)29(19,26)27)15-17(28-11)20-10-23(18(15)25)9-8-22(2)3/h4-7,10H,8-9H2,1-3H3,(H,21,24)(H2,19,26,27). The molecule has 3 N–H and O–H groups in total. The van der Waals surface area contributed by atoms with Crippen LogP contribution in [0.3, 0.4) is 0 Å². The van der Waals surface area contributed by atoms with Crippen molar-refractivity contribution in [3.8, 4) is 0 Å². The van der Waals surface area contributed by atoms with E-state index in [1.165, 1.54) is 46.5 Å². The van der Waals surface area contributed by atoms with Crippen LogP contribution in [0.5, 0.6) is 0 Å². The second-order valence-corrected chi connectivity index (χ2v) is 9.55. The Labute approximate surface area is 171 Å². The van der Waals surface area contributed by atoms with Gasteiger partial charge in [-0.1, -0.05) is 0 Å². The lowest BCUT2D eigenvalue weighted by molar-refractivity contribution is 0.102. The number of hydrogen-bond acceptors (Lipinski definition) is 7. The summed E-state index contributed by atoms with van der Waals surface area (Å²) in [4.78, 5) is 33.2. The summed E-state index contributed by atoms with van der Waals surface area (Å²) in [5.74, 6) is -0.457. The number of amides is 1. The van der Waals surface area contributed by atoms with Crippen LogP contribution < -0.4 is 16.0 Å². The van der Waals surface area contributed by atoms with Gasteiger partial charge in [0.15, 0.2) is 0 Å². The first-order valence-corrected chi connectivity index (χ1v) is 11.0. The number of sulfonamides is 1. The van der Waals surface area contributed by atoms with E-state index in [0.717, 1.165) is 0 Å². The fraction of sp³-hybridized carbons (Fsp3) is 0.278. The van der Waals surface area contributed by atoms with Gasteiger partial charge in [0, 0.05) is 23.7 Å². The number of anilines is 1. The van der Waals surface area contributed by atoms with Crippen molar-refractivity contribution >= 4 is 43.2 Å². The van der Waals surface area contributed by atoms with Crippen LogP contribution in [-0.2, 0) is 16.6 Å². The summed E-state index contributed by atoms with van der Waals surface area (Å²) in [5, 5.41) is 8.07. The summed E-state index contributed by atoms with van der Waals surface area (Å²) in [6.07, 6.45) is 1.50. The number of likely N-dealkylation sites (N-methyl/N-ethyl adjacent to an activating group) is 1. The molecule has 0 aliphatic rings. The van der Waals surface area contributed by atoms with Gasteiger partial charge in [0.25, 0.3) is 11.5 Å². The minimum absolute atomic E-state index is 0.0550. The van der Waals surface area contributed by atoms with E-state index in [1.807, 2.05) is 19.0 Å². The molecule has 0 saturated heterocycles. The summed E-state index contributed by atoms with van der Waals surface area (Å²) >= 11 is 1.28. The zero-order valence-electron chi connectivity index (χ0n) is 16.2. The van der Waals surface area contributed by atoms with Gasteiger partial charge >= 0.3 is 0 Å². The Morgan fingerprint density at radius 2 is 1.93 bits per heavy atom. The van der Waals surface area contributed by atoms with Gasteiger partial charge in [-0.3, -0.25) is 14.2 Å². The summed E-state index contributed by atoms with van der Waals surface area (Å²) in [7, 11) is 0.00134. The molecule has 0 unspecified atom stereocenters. The van der Waals surface area contributed by atoms with Crippen molar-refractivity contribution < 1.29 is 13.2 Å². The maximum Gasteiger partial charge on any atom is 0.262 e. The van der Waals surface area contributed by atoms with E-state index in [0.29, 0.717) is 28.5 Å². The van der Waals surface area contributed by atoms with E-state index in [1.54, 1.807) is 6.92 Å². The molecule has 1 aromatic carbocycles. The average Bonchev–Trinajstić information content (AvgIpc) is 2.97.